The SMILES string of the molecule is O=C(COC(=O)CCCc1c[nH]c2ccccc12)NNC(=O)c1cccc([N+](=O)[O-])c1. The zero-order valence-corrected chi connectivity index (χ0v) is 16.4. The molecule has 1 aromatic heterocycles. The highest BCUT2D eigenvalue weighted by molar-refractivity contribution is 5.96. The average molecular weight is 424 g/mol. The lowest BCUT2D eigenvalue weighted by atomic mass is 10.1. The van der Waals surface area contributed by atoms with Crippen molar-refractivity contribution in [1.82, 2.24) is 15.8 Å². The highest BCUT2D eigenvalue weighted by Gasteiger charge is 2.13. The molecule has 3 rings (SSSR count). The summed E-state index contributed by atoms with van der Waals surface area (Å²) in [7, 11) is 0. The van der Waals surface area contributed by atoms with E-state index in [0.717, 1.165) is 22.5 Å². The van der Waals surface area contributed by atoms with Crippen molar-refractivity contribution >= 4 is 34.4 Å². The topological polar surface area (TPSA) is 143 Å². The molecule has 0 aliphatic heterocycles. The number of carbonyl (C=O) groups excluding carboxylic acids is 3. The quantitative estimate of drug-likeness (QED) is 0.288. The number of para-hydroxylation sites is 1. The molecule has 0 saturated carbocycles. The average Bonchev–Trinajstić information content (AvgIpc) is 3.19. The standard InChI is InChI=1S/C21H20N4O6/c26-19(23-24-21(28)14-5-3-7-16(11-14)25(29)30)13-31-20(27)10-4-6-15-12-22-18-9-2-1-8-17(15)18/h1-3,5,7-9,11-12,22H,4,6,10,13H2,(H,23,26)(H,24,28). The highest BCUT2D eigenvalue weighted by atomic mass is 16.6. The number of rotatable bonds is 8. The number of amides is 2. The normalized spacial score (nSPS) is 10.5. The number of carbonyl (C=O) groups is 3. The van der Waals surface area contributed by atoms with Gasteiger partial charge in [0, 0.05) is 41.2 Å². The molecule has 10 nitrogen and oxygen atoms in total. The molecule has 0 spiro atoms. The number of hydrazine groups is 1. The van der Waals surface area contributed by atoms with Gasteiger partial charge in [-0.1, -0.05) is 24.3 Å². The highest BCUT2D eigenvalue weighted by Crippen LogP contribution is 2.19. The maximum atomic E-state index is 12.0. The smallest absolute Gasteiger partial charge is 0.306 e. The van der Waals surface area contributed by atoms with Gasteiger partial charge in [-0.2, -0.15) is 0 Å². The third-order valence-corrected chi connectivity index (χ3v) is 4.50. The molecular formula is C21H20N4O6. The van der Waals surface area contributed by atoms with Gasteiger partial charge in [-0.05, 0) is 30.5 Å². The van der Waals surface area contributed by atoms with Gasteiger partial charge in [0.2, 0.25) is 0 Å². The van der Waals surface area contributed by atoms with Crippen LogP contribution in [0.4, 0.5) is 5.69 Å². The summed E-state index contributed by atoms with van der Waals surface area (Å²) in [4.78, 5) is 48.8. The molecule has 0 saturated heterocycles. The van der Waals surface area contributed by atoms with Crippen LogP contribution in [0.3, 0.4) is 0 Å². The number of aryl methyl sites for hydroxylation is 1. The summed E-state index contributed by atoms with van der Waals surface area (Å²) >= 11 is 0. The predicted molar refractivity (Wildman–Crippen MR) is 111 cm³/mol. The molecule has 0 bridgehead atoms. The van der Waals surface area contributed by atoms with Crippen LogP contribution in [0.2, 0.25) is 0 Å². The van der Waals surface area contributed by atoms with Gasteiger partial charge in [0.25, 0.3) is 17.5 Å². The van der Waals surface area contributed by atoms with E-state index in [1.807, 2.05) is 30.5 Å². The number of hydrogen-bond donors (Lipinski definition) is 3. The lowest BCUT2D eigenvalue weighted by molar-refractivity contribution is -0.384. The van der Waals surface area contributed by atoms with E-state index in [9.17, 15) is 24.5 Å². The number of esters is 1. The Morgan fingerprint density at radius 1 is 1.06 bits per heavy atom. The van der Waals surface area contributed by atoms with E-state index >= 15 is 0 Å². The second-order valence-corrected chi connectivity index (χ2v) is 6.68. The monoisotopic (exact) mass is 424 g/mol. The summed E-state index contributed by atoms with van der Waals surface area (Å²) in [6, 6.07) is 12.9. The zero-order valence-electron chi connectivity index (χ0n) is 16.4. The first kappa shape index (κ1) is 21.5. The fourth-order valence-electron chi connectivity index (χ4n) is 2.98. The maximum Gasteiger partial charge on any atom is 0.306 e. The van der Waals surface area contributed by atoms with Gasteiger partial charge in [0.05, 0.1) is 4.92 Å². The van der Waals surface area contributed by atoms with Crippen molar-refractivity contribution in [3.05, 3.63) is 76.0 Å². The fraction of sp³-hybridized carbons (Fsp3) is 0.190. The van der Waals surface area contributed by atoms with Crippen LogP contribution in [0.1, 0.15) is 28.8 Å². The number of non-ortho nitro benzene ring substituents is 1. The number of aromatic amines is 1. The van der Waals surface area contributed by atoms with Crippen molar-refractivity contribution in [2.45, 2.75) is 19.3 Å². The lowest BCUT2D eigenvalue weighted by Crippen LogP contribution is -2.43. The van der Waals surface area contributed by atoms with Gasteiger partial charge in [-0.25, -0.2) is 0 Å². The molecule has 1 heterocycles. The second-order valence-electron chi connectivity index (χ2n) is 6.68. The minimum absolute atomic E-state index is 0.00350. The maximum absolute atomic E-state index is 12.0. The Balaban J connectivity index is 1.36. The number of nitro benzene ring substituents is 1. The number of ether oxygens (including phenoxy) is 1. The van der Waals surface area contributed by atoms with Crippen LogP contribution in [0, 0.1) is 10.1 Å². The molecule has 2 amide bonds. The largest absolute Gasteiger partial charge is 0.455 e. The first-order valence-electron chi connectivity index (χ1n) is 9.48. The van der Waals surface area contributed by atoms with Gasteiger partial charge in [-0.15, -0.1) is 0 Å². The fourth-order valence-corrected chi connectivity index (χ4v) is 2.98. The lowest BCUT2D eigenvalue weighted by Gasteiger charge is -2.08. The van der Waals surface area contributed by atoms with E-state index in [1.165, 1.54) is 18.2 Å². The molecule has 0 aliphatic rings. The van der Waals surface area contributed by atoms with E-state index in [2.05, 4.69) is 15.8 Å². The predicted octanol–water partition coefficient (Wildman–Crippen LogP) is 2.40. The summed E-state index contributed by atoms with van der Waals surface area (Å²) in [5.41, 5.74) is 6.09. The van der Waals surface area contributed by atoms with Crippen LogP contribution < -0.4 is 10.9 Å². The van der Waals surface area contributed by atoms with Gasteiger partial charge in [0.1, 0.15) is 0 Å². The minimum Gasteiger partial charge on any atom is -0.455 e. The number of fused-ring (bicyclic) bond motifs is 1. The van der Waals surface area contributed by atoms with Crippen molar-refractivity contribution in [3.63, 3.8) is 0 Å². The third-order valence-electron chi connectivity index (χ3n) is 4.50. The van der Waals surface area contributed by atoms with Gasteiger partial charge < -0.3 is 9.72 Å². The van der Waals surface area contributed by atoms with E-state index in [4.69, 9.17) is 4.74 Å². The molecule has 0 radical (unpaired) electrons. The van der Waals surface area contributed by atoms with Crippen LogP contribution in [0.5, 0.6) is 0 Å². The Morgan fingerprint density at radius 2 is 1.87 bits per heavy atom. The molecule has 0 fully saturated rings. The first-order chi connectivity index (χ1) is 14.9. The van der Waals surface area contributed by atoms with Gasteiger partial charge in [0.15, 0.2) is 6.61 Å². The summed E-state index contributed by atoms with van der Waals surface area (Å²) in [5.74, 6) is -1.99. The molecular weight excluding hydrogens is 404 g/mol. The number of nitrogens with one attached hydrogen (secondary N) is 3. The molecule has 160 valence electrons. The van der Waals surface area contributed by atoms with E-state index in [0.29, 0.717) is 12.8 Å². The Bertz CT molecular complexity index is 1120. The summed E-state index contributed by atoms with van der Waals surface area (Å²) in [6.07, 6.45) is 3.30. The van der Waals surface area contributed by atoms with Crippen molar-refractivity contribution < 1.29 is 24.0 Å². The Labute approximate surface area is 176 Å². The van der Waals surface area contributed by atoms with E-state index < -0.39 is 29.3 Å². The van der Waals surface area contributed by atoms with Gasteiger partial charge >= 0.3 is 5.97 Å². The van der Waals surface area contributed by atoms with E-state index in [1.54, 1.807) is 0 Å². The van der Waals surface area contributed by atoms with Crippen molar-refractivity contribution in [1.29, 1.82) is 0 Å². The van der Waals surface area contributed by atoms with Crippen molar-refractivity contribution in [2.24, 2.45) is 0 Å². The molecule has 0 aliphatic carbocycles. The summed E-state index contributed by atoms with van der Waals surface area (Å²) in [6.45, 7) is -0.554. The Kier molecular flexibility index (Phi) is 6.94. The molecule has 31 heavy (non-hydrogen) atoms. The van der Waals surface area contributed by atoms with Crippen molar-refractivity contribution in [3.8, 4) is 0 Å². The molecule has 2 aromatic carbocycles. The van der Waals surface area contributed by atoms with Crippen LogP contribution >= 0.6 is 0 Å². The van der Waals surface area contributed by atoms with Gasteiger partial charge in [-0.3, -0.25) is 35.3 Å². The van der Waals surface area contributed by atoms with E-state index in [-0.39, 0.29) is 17.7 Å². The molecule has 3 N–H and O–H groups in total. The van der Waals surface area contributed by atoms with Crippen LogP contribution in [-0.4, -0.2) is 34.3 Å². The number of H-pyrrole nitrogens is 1. The van der Waals surface area contributed by atoms with Crippen molar-refractivity contribution in [2.75, 3.05) is 6.61 Å². The molecule has 10 heteroatoms. The summed E-state index contributed by atoms with van der Waals surface area (Å²) in [5, 5.41) is 11.9. The number of benzene rings is 2. The number of aromatic nitrogens is 1. The molecule has 3 aromatic rings. The minimum atomic E-state index is -0.734. The summed E-state index contributed by atoms with van der Waals surface area (Å²) < 4.78 is 4.90. The van der Waals surface area contributed by atoms with Crippen LogP contribution in [0.15, 0.2) is 54.7 Å². The third kappa shape index (κ3) is 5.89. The molecule has 0 unspecified atom stereocenters. The van der Waals surface area contributed by atoms with Crippen LogP contribution in [0.25, 0.3) is 10.9 Å². The Hall–Kier alpha value is -4.21. The second kappa shape index (κ2) is 10.0. The number of hydrogen-bond acceptors (Lipinski definition) is 6. The number of nitrogens with zero attached hydrogens (tertiary/aromatic N) is 1. The Morgan fingerprint density at radius 3 is 2.68 bits per heavy atom. The molecule has 0 atom stereocenters. The van der Waals surface area contributed by atoms with Crippen LogP contribution in [-0.2, 0) is 20.7 Å². The number of nitro groups is 1. The zero-order chi connectivity index (χ0) is 22.2. The first-order valence-corrected chi connectivity index (χ1v) is 9.48.